The van der Waals surface area contributed by atoms with Crippen LogP contribution in [0.5, 0.6) is 0 Å². The standard InChI is InChI=1S/C15H23N3O3S/c1-13-4-6-18(7-5-13)22(19,20)14-2-3-15(16-12-14)17-8-10-21-11-9-17/h2-3,12-13H,4-11H2,1H3. The van der Waals surface area contributed by atoms with Crippen molar-refractivity contribution in [1.29, 1.82) is 0 Å². The molecule has 1 aromatic heterocycles. The van der Waals surface area contributed by atoms with Gasteiger partial charge in [-0.15, -0.1) is 0 Å². The minimum Gasteiger partial charge on any atom is -0.378 e. The maximum Gasteiger partial charge on any atom is 0.244 e. The first-order valence-electron chi connectivity index (χ1n) is 7.86. The molecule has 3 rings (SSSR count). The number of pyridine rings is 1. The molecule has 0 aliphatic carbocycles. The molecule has 0 unspecified atom stereocenters. The minimum absolute atomic E-state index is 0.291. The van der Waals surface area contributed by atoms with Gasteiger partial charge in [0.05, 0.1) is 13.2 Å². The van der Waals surface area contributed by atoms with Crippen molar-refractivity contribution >= 4 is 15.8 Å². The molecule has 2 fully saturated rings. The number of piperidine rings is 1. The van der Waals surface area contributed by atoms with Gasteiger partial charge >= 0.3 is 0 Å². The molecule has 22 heavy (non-hydrogen) atoms. The highest BCUT2D eigenvalue weighted by Gasteiger charge is 2.28. The third kappa shape index (κ3) is 3.26. The van der Waals surface area contributed by atoms with Gasteiger partial charge in [-0.05, 0) is 30.9 Å². The van der Waals surface area contributed by atoms with Crippen molar-refractivity contribution in [3.05, 3.63) is 18.3 Å². The normalized spacial score (nSPS) is 22.0. The van der Waals surface area contributed by atoms with Gasteiger partial charge in [-0.2, -0.15) is 4.31 Å². The summed E-state index contributed by atoms with van der Waals surface area (Å²) in [4.78, 5) is 6.75. The fourth-order valence-electron chi connectivity index (χ4n) is 2.88. The summed E-state index contributed by atoms with van der Waals surface area (Å²) in [5.74, 6) is 1.42. The highest BCUT2D eigenvalue weighted by Crippen LogP contribution is 2.24. The number of anilines is 1. The molecule has 2 aliphatic heterocycles. The molecule has 0 spiro atoms. The summed E-state index contributed by atoms with van der Waals surface area (Å²) in [6.45, 7) is 6.35. The zero-order valence-electron chi connectivity index (χ0n) is 12.9. The maximum atomic E-state index is 12.6. The van der Waals surface area contributed by atoms with Crippen molar-refractivity contribution in [3.63, 3.8) is 0 Å². The van der Waals surface area contributed by atoms with E-state index >= 15 is 0 Å². The summed E-state index contributed by atoms with van der Waals surface area (Å²) < 4.78 is 32.2. The topological polar surface area (TPSA) is 62.7 Å². The minimum atomic E-state index is -3.41. The van der Waals surface area contributed by atoms with E-state index in [1.54, 1.807) is 16.4 Å². The van der Waals surface area contributed by atoms with E-state index in [0.29, 0.717) is 37.1 Å². The number of nitrogens with zero attached hydrogens (tertiary/aromatic N) is 3. The number of ether oxygens (including phenoxy) is 1. The summed E-state index contributed by atoms with van der Waals surface area (Å²) in [7, 11) is -3.41. The quantitative estimate of drug-likeness (QED) is 0.839. The summed E-state index contributed by atoms with van der Waals surface area (Å²) >= 11 is 0. The van der Waals surface area contributed by atoms with Crippen LogP contribution in [0.25, 0.3) is 0 Å². The molecule has 0 amide bonds. The molecule has 0 aromatic carbocycles. The van der Waals surface area contributed by atoms with Gasteiger partial charge in [-0.3, -0.25) is 0 Å². The Morgan fingerprint density at radius 2 is 1.82 bits per heavy atom. The van der Waals surface area contributed by atoms with Crippen LogP contribution < -0.4 is 4.90 Å². The summed E-state index contributed by atoms with van der Waals surface area (Å²) in [5, 5.41) is 0. The van der Waals surface area contributed by atoms with E-state index in [1.807, 2.05) is 0 Å². The van der Waals surface area contributed by atoms with Crippen molar-refractivity contribution in [2.24, 2.45) is 5.92 Å². The molecular weight excluding hydrogens is 302 g/mol. The Morgan fingerprint density at radius 1 is 1.14 bits per heavy atom. The SMILES string of the molecule is CC1CCN(S(=O)(=O)c2ccc(N3CCOCC3)nc2)CC1. The third-order valence-electron chi connectivity index (χ3n) is 4.44. The van der Waals surface area contributed by atoms with Crippen molar-refractivity contribution in [3.8, 4) is 0 Å². The van der Waals surface area contributed by atoms with Gasteiger partial charge in [0.15, 0.2) is 0 Å². The lowest BCUT2D eigenvalue weighted by Gasteiger charge is -2.30. The molecule has 0 N–H and O–H groups in total. The van der Waals surface area contributed by atoms with Gasteiger partial charge in [-0.25, -0.2) is 13.4 Å². The molecule has 122 valence electrons. The Kier molecular flexibility index (Phi) is 4.65. The van der Waals surface area contributed by atoms with Crippen LogP contribution >= 0.6 is 0 Å². The predicted octanol–water partition coefficient (Wildman–Crippen LogP) is 1.34. The fraction of sp³-hybridized carbons (Fsp3) is 0.667. The zero-order chi connectivity index (χ0) is 15.6. The number of rotatable bonds is 3. The second-order valence-electron chi connectivity index (χ2n) is 6.04. The lowest BCUT2D eigenvalue weighted by Crippen LogP contribution is -2.38. The second-order valence-corrected chi connectivity index (χ2v) is 7.98. The van der Waals surface area contributed by atoms with E-state index in [1.165, 1.54) is 6.20 Å². The van der Waals surface area contributed by atoms with Crippen LogP contribution in [0.15, 0.2) is 23.2 Å². The Balaban J connectivity index is 1.74. The summed E-state index contributed by atoms with van der Waals surface area (Å²) in [6.07, 6.45) is 3.34. The first kappa shape index (κ1) is 15.7. The van der Waals surface area contributed by atoms with E-state index in [-0.39, 0.29) is 0 Å². The van der Waals surface area contributed by atoms with Gasteiger partial charge in [-0.1, -0.05) is 6.92 Å². The Bertz CT molecular complexity index is 589. The monoisotopic (exact) mass is 325 g/mol. The predicted molar refractivity (Wildman–Crippen MR) is 84.4 cm³/mol. The van der Waals surface area contributed by atoms with Gasteiger partial charge in [0, 0.05) is 32.4 Å². The van der Waals surface area contributed by atoms with Crippen molar-refractivity contribution < 1.29 is 13.2 Å². The van der Waals surface area contributed by atoms with Crippen molar-refractivity contribution in [2.45, 2.75) is 24.7 Å². The zero-order valence-corrected chi connectivity index (χ0v) is 13.8. The first-order valence-corrected chi connectivity index (χ1v) is 9.30. The lowest BCUT2D eigenvalue weighted by molar-refractivity contribution is 0.122. The molecule has 0 radical (unpaired) electrons. The van der Waals surface area contributed by atoms with Crippen LogP contribution in [0, 0.1) is 5.92 Å². The Hall–Kier alpha value is -1.18. The first-order chi connectivity index (χ1) is 10.6. The number of sulfonamides is 1. The summed E-state index contributed by atoms with van der Waals surface area (Å²) in [6, 6.07) is 3.47. The largest absolute Gasteiger partial charge is 0.378 e. The van der Waals surface area contributed by atoms with Gasteiger partial charge in [0.25, 0.3) is 0 Å². The molecular formula is C15H23N3O3S. The Morgan fingerprint density at radius 3 is 2.41 bits per heavy atom. The molecule has 6 nitrogen and oxygen atoms in total. The van der Waals surface area contributed by atoms with Crippen molar-refractivity contribution in [2.75, 3.05) is 44.3 Å². The average Bonchev–Trinajstić information content (AvgIpc) is 2.56. The third-order valence-corrected chi connectivity index (χ3v) is 6.32. The van der Waals surface area contributed by atoms with Gasteiger partial charge < -0.3 is 9.64 Å². The van der Waals surface area contributed by atoms with Gasteiger partial charge in [0.2, 0.25) is 10.0 Å². The molecule has 0 atom stereocenters. The molecule has 3 heterocycles. The van der Waals surface area contributed by atoms with Crippen LogP contribution in [0.1, 0.15) is 19.8 Å². The Labute approximate surface area is 132 Å². The van der Waals surface area contributed by atoms with Crippen LogP contribution in [0.4, 0.5) is 5.82 Å². The van der Waals surface area contributed by atoms with E-state index in [4.69, 9.17) is 4.74 Å². The van der Waals surface area contributed by atoms with E-state index < -0.39 is 10.0 Å². The molecule has 0 bridgehead atoms. The second kappa shape index (κ2) is 6.52. The molecule has 2 saturated heterocycles. The van der Waals surface area contributed by atoms with E-state index in [0.717, 1.165) is 31.7 Å². The maximum absolute atomic E-state index is 12.6. The number of hydrogen-bond acceptors (Lipinski definition) is 5. The van der Waals surface area contributed by atoms with Crippen molar-refractivity contribution in [1.82, 2.24) is 9.29 Å². The molecule has 1 aromatic rings. The highest BCUT2D eigenvalue weighted by atomic mass is 32.2. The van der Waals surface area contributed by atoms with Gasteiger partial charge in [0.1, 0.15) is 10.7 Å². The lowest BCUT2D eigenvalue weighted by atomic mass is 10.0. The van der Waals surface area contributed by atoms with Crippen LogP contribution in [0.3, 0.4) is 0 Å². The molecule has 7 heteroatoms. The highest BCUT2D eigenvalue weighted by molar-refractivity contribution is 7.89. The smallest absolute Gasteiger partial charge is 0.244 e. The number of aromatic nitrogens is 1. The van der Waals surface area contributed by atoms with Crippen LogP contribution in [0.2, 0.25) is 0 Å². The number of morpholine rings is 1. The molecule has 0 saturated carbocycles. The van der Waals surface area contributed by atoms with Crippen LogP contribution in [-0.2, 0) is 14.8 Å². The number of hydrogen-bond donors (Lipinski definition) is 0. The summed E-state index contributed by atoms with van der Waals surface area (Å²) in [5.41, 5.74) is 0. The van der Waals surface area contributed by atoms with E-state index in [2.05, 4.69) is 16.8 Å². The molecule has 2 aliphatic rings. The van der Waals surface area contributed by atoms with Crippen LogP contribution in [-0.4, -0.2) is 57.1 Å². The fourth-order valence-corrected chi connectivity index (χ4v) is 4.29. The van der Waals surface area contributed by atoms with E-state index in [9.17, 15) is 8.42 Å². The average molecular weight is 325 g/mol.